The normalized spacial score (nSPS) is 14.6. The van der Waals surface area contributed by atoms with E-state index >= 15 is 0 Å². The molecule has 2 nitrogen and oxygen atoms in total. The molecule has 0 amide bonds. The van der Waals surface area contributed by atoms with E-state index in [1.54, 1.807) is 30.3 Å². The lowest BCUT2D eigenvalue weighted by molar-refractivity contribution is -0.137. The summed E-state index contributed by atoms with van der Waals surface area (Å²) in [5, 5.41) is 0. The molecule has 0 saturated heterocycles. The minimum absolute atomic E-state index is 0.309. The lowest BCUT2D eigenvalue weighted by atomic mass is 10.2. The molecule has 0 heterocycles. The summed E-state index contributed by atoms with van der Waals surface area (Å²) in [6.07, 6.45) is -3.19. The van der Waals surface area contributed by atoms with Crippen molar-refractivity contribution in [1.29, 1.82) is 0 Å². The highest BCUT2D eigenvalue weighted by atomic mass is 32.2. The van der Waals surface area contributed by atoms with E-state index in [0.29, 0.717) is 4.90 Å². The third-order valence-electron chi connectivity index (χ3n) is 2.66. The third kappa shape index (κ3) is 3.19. The molecule has 2 aromatic rings. The van der Waals surface area contributed by atoms with Gasteiger partial charge in [0.25, 0.3) is 0 Å². The molecule has 0 radical (unpaired) electrons. The summed E-state index contributed by atoms with van der Waals surface area (Å²) in [4.78, 5) is 0.400. The maximum atomic E-state index is 12.9. The van der Waals surface area contributed by atoms with Crippen LogP contribution in [0, 0.1) is 0 Å². The number of hydrogen-bond donors (Lipinski definition) is 0. The molecule has 2 rings (SSSR count). The van der Waals surface area contributed by atoms with Gasteiger partial charge < -0.3 is 0 Å². The molecule has 20 heavy (non-hydrogen) atoms. The Morgan fingerprint density at radius 1 is 0.950 bits per heavy atom. The molecule has 106 valence electrons. The molecule has 0 fully saturated rings. The van der Waals surface area contributed by atoms with Gasteiger partial charge in [0.2, 0.25) is 0 Å². The van der Waals surface area contributed by atoms with Crippen LogP contribution >= 0.6 is 0 Å². The summed E-state index contributed by atoms with van der Waals surface area (Å²) < 4.78 is 55.0. The van der Waals surface area contributed by atoms with Crippen molar-refractivity contribution in [3.05, 3.63) is 60.2 Å². The van der Waals surface area contributed by atoms with Crippen LogP contribution in [0.2, 0.25) is 0 Å². The molecule has 6 heteroatoms. The molecule has 0 bridgehead atoms. The maximum Gasteiger partial charge on any atom is 0.418 e. The van der Waals surface area contributed by atoms with Crippen molar-refractivity contribution in [2.45, 2.75) is 11.1 Å². The highest BCUT2D eigenvalue weighted by Crippen LogP contribution is 2.37. The number of benzene rings is 2. The van der Waals surface area contributed by atoms with Gasteiger partial charge in [-0.1, -0.05) is 30.3 Å². The van der Waals surface area contributed by atoms with Crippen LogP contribution < -0.4 is 0 Å². The quantitative estimate of drug-likeness (QED) is 0.803. The topological polar surface area (TPSA) is 29.4 Å². The lowest BCUT2D eigenvalue weighted by Gasteiger charge is -2.11. The van der Waals surface area contributed by atoms with Gasteiger partial charge in [-0.2, -0.15) is 17.5 Å². The van der Waals surface area contributed by atoms with Crippen molar-refractivity contribution >= 4 is 15.4 Å². The molecular formula is C14H12F3NOS. The van der Waals surface area contributed by atoms with E-state index < -0.39 is 21.5 Å². The Morgan fingerprint density at radius 2 is 1.50 bits per heavy atom. The fourth-order valence-corrected chi connectivity index (χ4v) is 3.01. The van der Waals surface area contributed by atoms with Crippen molar-refractivity contribution in [2.24, 2.45) is 4.36 Å². The minimum atomic E-state index is -4.52. The fraction of sp³-hybridized carbons (Fsp3) is 0.143. The zero-order valence-electron chi connectivity index (χ0n) is 10.6. The van der Waals surface area contributed by atoms with Crippen LogP contribution in [0.15, 0.2) is 63.9 Å². The highest BCUT2D eigenvalue weighted by molar-refractivity contribution is 7.93. The number of rotatable bonds is 2. The molecule has 0 aliphatic carbocycles. The van der Waals surface area contributed by atoms with Gasteiger partial charge in [0, 0.05) is 11.2 Å². The Morgan fingerprint density at radius 3 is 2.10 bits per heavy atom. The van der Waals surface area contributed by atoms with Gasteiger partial charge in [-0.3, -0.25) is 0 Å². The molecule has 0 unspecified atom stereocenters. The minimum Gasteiger partial charge on any atom is -0.245 e. The second kappa shape index (κ2) is 5.28. The Labute approximate surface area is 115 Å². The van der Waals surface area contributed by atoms with Crippen molar-refractivity contribution in [3.8, 4) is 0 Å². The van der Waals surface area contributed by atoms with Crippen LogP contribution in [-0.4, -0.2) is 10.5 Å². The first-order valence-corrected chi connectivity index (χ1v) is 7.66. The van der Waals surface area contributed by atoms with Crippen molar-refractivity contribution in [2.75, 3.05) is 6.26 Å². The predicted molar refractivity (Wildman–Crippen MR) is 72.3 cm³/mol. The SMILES string of the molecule is C[S@](=O)(=Nc1ccccc1C(F)(F)F)c1ccccc1. The predicted octanol–water partition coefficient (Wildman–Crippen LogP) is 4.49. The van der Waals surface area contributed by atoms with Gasteiger partial charge in [-0.25, -0.2) is 4.21 Å². The summed E-state index contributed by atoms with van der Waals surface area (Å²) in [6, 6.07) is 13.1. The second-order valence-corrected chi connectivity index (χ2v) is 6.48. The first kappa shape index (κ1) is 14.6. The van der Waals surface area contributed by atoms with Crippen molar-refractivity contribution < 1.29 is 17.4 Å². The monoisotopic (exact) mass is 299 g/mol. The Hall–Kier alpha value is -1.82. The van der Waals surface area contributed by atoms with E-state index in [1.165, 1.54) is 24.5 Å². The number of halogens is 3. The second-order valence-electron chi connectivity index (χ2n) is 4.22. The summed E-state index contributed by atoms with van der Waals surface area (Å²) in [7, 11) is -2.92. The number of alkyl halides is 3. The lowest BCUT2D eigenvalue weighted by Crippen LogP contribution is -2.06. The van der Waals surface area contributed by atoms with Crippen LogP contribution in [-0.2, 0) is 15.9 Å². The smallest absolute Gasteiger partial charge is 0.245 e. The van der Waals surface area contributed by atoms with Crippen molar-refractivity contribution in [1.82, 2.24) is 0 Å². The Balaban J connectivity index is 2.60. The average Bonchev–Trinajstić information content (AvgIpc) is 2.39. The molecule has 0 saturated carbocycles. The third-order valence-corrected chi connectivity index (χ3v) is 4.35. The maximum absolute atomic E-state index is 12.9. The summed E-state index contributed by atoms with van der Waals surface area (Å²) in [6.45, 7) is 0. The first-order valence-electron chi connectivity index (χ1n) is 5.74. The van der Waals surface area contributed by atoms with Crippen LogP contribution in [0.5, 0.6) is 0 Å². The molecule has 0 spiro atoms. The van der Waals surface area contributed by atoms with Gasteiger partial charge in [0.05, 0.1) is 21.0 Å². The summed E-state index contributed by atoms with van der Waals surface area (Å²) in [5.74, 6) is 0. The first-order chi connectivity index (χ1) is 9.31. The zero-order chi connectivity index (χ0) is 14.8. The standard InChI is InChI=1S/C14H12F3NOS/c1-20(19,11-7-3-2-4-8-11)18-13-10-6-5-9-12(13)14(15,16)17/h2-10H,1H3/t20-/m1/s1. The van der Waals surface area contributed by atoms with Gasteiger partial charge in [0.1, 0.15) is 0 Å². The molecule has 0 N–H and O–H groups in total. The van der Waals surface area contributed by atoms with Crippen LogP contribution in [0.1, 0.15) is 5.56 Å². The number of hydrogen-bond acceptors (Lipinski definition) is 2. The molecular weight excluding hydrogens is 287 g/mol. The Bertz CT molecular complexity index is 717. The van der Waals surface area contributed by atoms with Crippen LogP contribution in [0.3, 0.4) is 0 Å². The summed E-state index contributed by atoms with van der Waals surface area (Å²) in [5.41, 5.74) is -1.19. The largest absolute Gasteiger partial charge is 0.418 e. The van der Waals surface area contributed by atoms with E-state index in [4.69, 9.17) is 0 Å². The molecule has 0 aliphatic heterocycles. The zero-order valence-corrected chi connectivity index (χ0v) is 11.4. The van der Waals surface area contributed by atoms with Gasteiger partial charge in [-0.05, 0) is 24.3 Å². The summed E-state index contributed by atoms with van der Waals surface area (Å²) >= 11 is 0. The van der Waals surface area contributed by atoms with Crippen LogP contribution in [0.25, 0.3) is 0 Å². The van der Waals surface area contributed by atoms with E-state index in [9.17, 15) is 17.4 Å². The van der Waals surface area contributed by atoms with Crippen LogP contribution in [0.4, 0.5) is 18.9 Å². The van der Waals surface area contributed by atoms with E-state index in [1.807, 2.05) is 0 Å². The van der Waals surface area contributed by atoms with Gasteiger partial charge in [0.15, 0.2) is 0 Å². The Kier molecular flexibility index (Phi) is 3.85. The van der Waals surface area contributed by atoms with Crippen molar-refractivity contribution in [3.63, 3.8) is 0 Å². The van der Waals surface area contributed by atoms with Gasteiger partial charge in [-0.15, -0.1) is 0 Å². The van der Waals surface area contributed by atoms with Gasteiger partial charge >= 0.3 is 6.18 Å². The highest BCUT2D eigenvalue weighted by Gasteiger charge is 2.33. The molecule has 1 atom stereocenters. The molecule has 0 aromatic heterocycles. The van der Waals surface area contributed by atoms with E-state index in [2.05, 4.69) is 4.36 Å². The molecule has 2 aromatic carbocycles. The molecule has 0 aliphatic rings. The van der Waals surface area contributed by atoms with E-state index in [0.717, 1.165) is 6.07 Å². The van der Waals surface area contributed by atoms with E-state index in [-0.39, 0.29) is 5.69 Å². The average molecular weight is 299 g/mol. The number of nitrogens with zero attached hydrogens (tertiary/aromatic N) is 1. The fourth-order valence-electron chi connectivity index (χ4n) is 1.71.